The number of ether oxygens (including phenoxy) is 2. The maximum atomic E-state index is 13.6. The second-order valence-electron chi connectivity index (χ2n) is 8.09. The molecular weight excluding hydrogens is 454 g/mol. The Morgan fingerprint density at radius 1 is 0.912 bits per heavy atom. The number of hydrogen-bond donors (Lipinski definition) is 0. The van der Waals surface area contributed by atoms with E-state index in [2.05, 4.69) is 0 Å². The smallest absolute Gasteiger partial charge is 0.290 e. The van der Waals surface area contributed by atoms with Crippen molar-refractivity contribution in [1.29, 1.82) is 0 Å². The number of nitrogens with zero attached hydrogens (tertiary/aromatic N) is 1. The van der Waals surface area contributed by atoms with Crippen LogP contribution < -0.4 is 14.9 Å². The van der Waals surface area contributed by atoms with Crippen LogP contribution in [0.3, 0.4) is 0 Å². The first-order valence-electron chi connectivity index (χ1n) is 10.8. The lowest BCUT2D eigenvalue weighted by atomic mass is 9.98. The van der Waals surface area contributed by atoms with Crippen molar-refractivity contribution in [2.75, 3.05) is 20.8 Å². The molecule has 2 heterocycles. The first-order valence-corrected chi connectivity index (χ1v) is 11.2. The molecule has 3 aromatic carbocycles. The molecule has 0 bridgehead atoms. The zero-order valence-electron chi connectivity index (χ0n) is 18.7. The molecule has 5 rings (SSSR count). The lowest BCUT2D eigenvalue weighted by Gasteiger charge is -2.25. The summed E-state index contributed by atoms with van der Waals surface area (Å²) in [5.41, 5.74) is 2.28. The van der Waals surface area contributed by atoms with Crippen LogP contribution in [0.5, 0.6) is 11.5 Å². The van der Waals surface area contributed by atoms with Gasteiger partial charge >= 0.3 is 0 Å². The third kappa shape index (κ3) is 3.80. The van der Waals surface area contributed by atoms with Gasteiger partial charge in [-0.1, -0.05) is 35.9 Å². The van der Waals surface area contributed by atoms with Crippen LogP contribution in [0.25, 0.3) is 11.0 Å². The molecule has 0 unspecified atom stereocenters. The van der Waals surface area contributed by atoms with E-state index in [1.807, 2.05) is 48.5 Å². The highest BCUT2D eigenvalue weighted by Gasteiger charge is 2.42. The summed E-state index contributed by atoms with van der Waals surface area (Å²) in [6, 6.07) is 19.3. The van der Waals surface area contributed by atoms with Gasteiger partial charge < -0.3 is 18.8 Å². The zero-order valence-corrected chi connectivity index (χ0v) is 19.5. The number of benzene rings is 3. The van der Waals surface area contributed by atoms with Crippen molar-refractivity contribution < 1.29 is 18.7 Å². The zero-order chi connectivity index (χ0) is 23.8. The second-order valence-corrected chi connectivity index (χ2v) is 8.52. The number of methoxy groups -OCH3 is 2. The van der Waals surface area contributed by atoms with Crippen molar-refractivity contribution in [2.24, 2.45) is 0 Å². The first kappa shape index (κ1) is 22.0. The summed E-state index contributed by atoms with van der Waals surface area (Å²) in [4.78, 5) is 28.8. The van der Waals surface area contributed by atoms with Crippen LogP contribution in [0.4, 0.5) is 0 Å². The quantitative estimate of drug-likeness (QED) is 0.381. The monoisotopic (exact) mass is 475 g/mol. The van der Waals surface area contributed by atoms with Crippen molar-refractivity contribution in [1.82, 2.24) is 4.90 Å². The number of rotatable bonds is 6. The Morgan fingerprint density at radius 3 is 2.21 bits per heavy atom. The Labute approximate surface area is 201 Å². The minimum Gasteiger partial charge on any atom is -0.497 e. The second kappa shape index (κ2) is 8.88. The summed E-state index contributed by atoms with van der Waals surface area (Å²) in [5, 5.41) is 0.788. The number of carbonyl (C=O) groups is 1. The molecular formula is C27H22ClNO5. The molecule has 1 amide bonds. The Morgan fingerprint density at radius 2 is 1.56 bits per heavy atom. The van der Waals surface area contributed by atoms with E-state index in [-0.39, 0.29) is 17.1 Å². The lowest BCUT2D eigenvalue weighted by molar-refractivity contribution is 0.0730. The average molecular weight is 476 g/mol. The molecule has 0 fully saturated rings. The van der Waals surface area contributed by atoms with E-state index in [0.717, 1.165) is 16.9 Å². The van der Waals surface area contributed by atoms with Gasteiger partial charge in [0.05, 0.1) is 31.2 Å². The Kier molecular flexibility index (Phi) is 5.75. The van der Waals surface area contributed by atoms with E-state index < -0.39 is 6.04 Å². The van der Waals surface area contributed by atoms with Gasteiger partial charge in [0.15, 0.2) is 5.43 Å². The Bertz CT molecular complexity index is 1430. The van der Waals surface area contributed by atoms with Gasteiger partial charge in [0.2, 0.25) is 5.76 Å². The van der Waals surface area contributed by atoms with Crippen LogP contribution in [0.2, 0.25) is 5.02 Å². The molecule has 172 valence electrons. The maximum Gasteiger partial charge on any atom is 0.290 e. The highest BCUT2D eigenvalue weighted by Crippen LogP contribution is 2.39. The molecule has 0 saturated heterocycles. The summed E-state index contributed by atoms with van der Waals surface area (Å²) >= 11 is 6.14. The molecule has 0 aliphatic carbocycles. The van der Waals surface area contributed by atoms with Crippen LogP contribution in [0.15, 0.2) is 75.9 Å². The SMILES string of the molecule is COc1ccc(CCN2C(=O)c3oc4ccc(Cl)cc4c(=O)c3[C@H]2c2ccc(OC)cc2)cc1. The van der Waals surface area contributed by atoms with Crippen molar-refractivity contribution in [3.63, 3.8) is 0 Å². The summed E-state index contributed by atoms with van der Waals surface area (Å²) in [6.07, 6.45) is 0.607. The van der Waals surface area contributed by atoms with E-state index >= 15 is 0 Å². The van der Waals surface area contributed by atoms with Gasteiger partial charge in [0.25, 0.3) is 5.91 Å². The largest absolute Gasteiger partial charge is 0.497 e. The summed E-state index contributed by atoms with van der Waals surface area (Å²) < 4.78 is 16.5. The van der Waals surface area contributed by atoms with Crippen LogP contribution in [-0.2, 0) is 6.42 Å². The average Bonchev–Trinajstić information content (AvgIpc) is 3.15. The van der Waals surface area contributed by atoms with Gasteiger partial charge in [-0.05, 0) is 60.0 Å². The molecule has 1 aromatic heterocycles. The molecule has 0 saturated carbocycles. The van der Waals surface area contributed by atoms with Gasteiger partial charge in [-0.2, -0.15) is 0 Å². The van der Waals surface area contributed by atoms with Crippen LogP contribution in [0, 0.1) is 0 Å². The maximum absolute atomic E-state index is 13.6. The van der Waals surface area contributed by atoms with Gasteiger partial charge in [0.1, 0.15) is 17.1 Å². The van der Waals surface area contributed by atoms with E-state index in [1.165, 1.54) is 0 Å². The predicted octanol–water partition coefficient (Wildman–Crippen LogP) is 5.25. The fourth-order valence-electron chi connectivity index (χ4n) is 4.40. The number of halogens is 1. The third-order valence-electron chi connectivity index (χ3n) is 6.16. The minimum atomic E-state index is -0.578. The predicted molar refractivity (Wildman–Crippen MR) is 130 cm³/mol. The number of fused-ring (bicyclic) bond motifs is 2. The number of carbonyl (C=O) groups excluding carboxylic acids is 1. The Hall–Kier alpha value is -3.77. The van der Waals surface area contributed by atoms with E-state index in [9.17, 15) is 9.59 Å². The van der Waals surface area contributed by atoms with E-state index in [4.69, 9.17) is 25.5 Å². The van der Waals surface area contributed by atoms with Crippen molar-refractivity contribution >= 4 is 28.5 Å². The van der Waals surface area contributed by atoms with Crippen molar-refractivity contribution in [3.8, 4) is 11.5 Å². The summed E-state index contributed by atoms with van der Waals surface area (Å²) in [6.45, 7) is 0.405. The van der Waals surface area contributed by atoms with Gasteiger partial charge in [-0.3, -0.25) is 9.59 Å². The van der Waals surface area contributed by atoms with Crippen molar-refractivity contribution in [2.45, 2.75) is 12.5 Å². The molecule has 1 atom stereocenters. The van der Waals surface area contributed by atoms with Crippen molar-refractivity contribution in [3.05, 3.63) is 104 Å². The lowest BCUT2D eigenvalue weighted by Crippen LogP contribution is -2.31. The van der Waals surface area contributed by atoms with E-state index in [0.29, 0.717) is 40.3 Å². The summed E-state index contributed by atoms with van der Waals surface area (Å²) in [7, 11) is 3.21. The van der Waals surface area contributed by atoms with Gasteiger partial charge in [0, 0.05) is 11.6 Å². The first-order chi connectivity index (χ1) is 16.5. The topological polar surface area (TPSA) is 69.0 Å². The highest BCUT2D eigenvalue weighted by molar-refractivity contribution is 6.31. The van der Waals surface area contributed by atoms with Crippen LogP contribution >= 0.6 is 11.6 Å². The fraction of sp³-hybridized carbons (Fsp3) is 0.185. The molecule has 0 spiro atoms. The number of hydrogen-bond acceptors (Lipinski definition) is 5. The molecule has 6 nitrogen and oxygen atoms in total. The normalized spacial score (nSPS) is 15.0. The molecule has 4 aromatic rings. The molecule has 7 heteroatoms. The summed E-state index contributed by atoms with van der Waals surface area (Å²) in [5.74, 6) is 1.23. The fourth-order valence-corrected chi connectivity index (χ4v) is 4.57. The third-order valence-corrected chi connectivity index (χ3v) is 6.39. The Balaban J connectivity index is 1.59. The molecule has 0 N–H and O–H groups in total. The van der Waals surface area contributed by atoms with Crippen LogP contribution in [0.1, 0.15) is 33.3 Å². The standard InChI is InChI=1S/C27H22ClNO5/c1-32-19-8-3-16(4-9-19)13-14-29-24(17-5-10-20(33-2)11-6-17)23-25(30)21-15-18(28)7-12-22(21)34-26(23)27(29)31/h3-12,15,24H,13-14H2,1-2H3/t24-/m1/s1. The van der Waals surface area contributed by atoms with Crippen LogP contribution in [-0.4, -0.2) is 31.6 Å². The highest BCUT2D eigenvalue weighted by atomic mass is 35.5. The molecule has 34 heavy (non-hydrogen) atoms. The minimum absolute atomic E-state index is 0.0790. The van der Waals surface area contributed by atoms with E-state index in [1.54, 1.807) is 37.3 Å². The van der Waals surface area contributed by atoms with Gasteiger partial charge in [-0.15, -0.1) is 0 Å². The molecule has 1 aliphatic rings. The number of amides is 1. The molecule has 0 radical (unpaired) electrons. The van der Waals surface area contributed by atoms with Gasteiger partial charge in [-0.25, -0.2) is 0 Å². The molecule has 1 aliphatic heterocycles.